The lowest BCUT2D eigenvalue weighted by molar-refractivity contribution is -0.137. The number of hydrogen-bond acceptors (Lipinski definition) is 2. The van der Waals surface area contributed by atoms with Gasteiger partial charge >= 0.3 is 5.97 Å². The highest BCUT2D eigenvalue weighted by molar-refractivity contribution is 5.66. The molecular formula is C22H40O3. The van der Waals surface area contributed by atoms with Gasteiger partial charge in [-0.25, -0.2) is 0 Å². The van der Waals surface area contributed by atoms with E-state index in [4.69, 9.17) is 5.11 Å². The summed E-state index contributed by atoms with van der Waals surface area (Å²) < 4.78 is 4.58. The summed E-state index contributed by atoms with van der Waals surface area (Å²) >= 11 is 0. The second-order valence-electron chi connectivity index (χ2n) is 6.89. The lowest BCUT2D eigenvalue weighted by Crippen LogP contribution is -1.93. The summed E-state index contributed by atoms with van der Waals surface area (Å²) in [6.45, 7) is 2.27. The third-order valence-corrected chi connectivity index (χ3v) is 4.42. The first-order valence-electron chi connectivity index (χ1n) is 10.5. The number of carboxylic acid groups (broad SMARTS) is 1. The predicted octanol–water partition coefficient (Wildman–Crippen LogP) is 7.61. The first-order chi connectivity index (χ1) is 12.3. The Hall–Kier alpha value is -1.25. The van der Waals surface area contributed by atoms with Gasteiger partial charge in [0.1, 0.15) is 0 Å². The number of rotatable bonds is 16. The van der Waals surface area contributed by atoms with Gasteiger partial charge < -0.3 is 9.52 Å². The average Bonchev–Trinajstić information content (AvgIpc) is 3.18. The lowest BCUT2D eigenvalue weighted by Gasteiger charge is -2.03. The van der Waals surface area contributed by atoms with Gasteiger partial charge in [-0.05, 0) is 18.6 Å². The molecule has 1 aromatic heterocycles. The highest BCUT2D eigenvalue weighted by atomic mass is 16.4. The fraction of sp³-hybridized carbons (Fsp3) is 0.773. The Morgan fingerprint density at radius 1 is 0.680 bits per heavy atom. The van der Waals surface area contributed by atoms with Crippen molar-refractivity contribution in [3.63, 3.8) is 0 Å². The molecule has 0 aromatic carbocycles. The van der Waals surface area contributed by atoms with Gasteiger partial charge in [0.15, 0.2) is 0 Å². The Labute approximate surface area is 155 Å². The largest absolute Gasteiger partial charge is 0.481 e. The smallest absolute Gasteiger partial charge is 0.303 e. The van der Waals surface area contributed by atoms with Gasteiger partial charge in [0.2, 0.25) is 0 Å². The maximum atomic E-state index is 10.3. The van der Waals surface area contributed by atoms with Crippen molar-refractivity contribution >= 4 is 5.97 Å². The molecular weight excluding hydrogens is 312 g/mol. The number of aliphatic carboxylic acids is 1. The molecule has 1 heterocycles. The molecule has 1 N–H and O–H groups in total. The second kappa shape index (κ2) is 20.8. The molecule has 0 bridgehead atoms. The zero-order chi connectivity index (χ0) is 18.4. The lowest BCUT2D eigenvalue weighted by atomic mass is 10.0. The van der Waals surface area contributed by atoms with E-state index >= 15 is 0 Å². The van der Waals surface area contributed by atoms with Crippen LogP contribution in [0.4, 0.5) is 0 Å². The Balaban J connectivity index is 0.000000972. The minimum Gasteiger partial charge on any atom is -0.481 e. The van der Waals surface area contributed by atoms with Crippen LogP contribution in [0.5, 0.6) is 0 Å². The maximum Gasteiger partial charge on any atom is 0.303 e. The van der Waals surface area contributed by atoms with E-state index in [-0.39, 0.29) is 0 Å². The van der Waals surface area contributed by atoms with E-state index < -0.39 is 5.97 Å². The van der Waals surface area contributed by atoms with E-state index in [0.717, 1.165) is 12.8 Å². The predicted molar refractivity (Wildman–Crippen MR) is 106 cm³/mol. The Morgan fingerprint density at radius 3 is 1.32 bits per heavy atom. The van der Waals surface area contributed by atoms with E-state index in [1.807, 2.05) is 12.1 Å². The molecule has 0 atom stereocenters. The summed E-state index contributed by atoms with van der Waals surface area (Å²) in [6, 6.07) is 3.67. The first-order valence-corrected chi connectivity index (χ1v) is 10.5. The van der Waals surface area contributed by atoms with Crippen LogP contribution in [-0.2, 0) is 4.79 Å². The fourth-order valence-electron chi connectivity index (χ4n) is 2.87. The molecule has 0 fully saturated rings. The fourth-order valence-corrected chi connectivity index (χ4v) is 2.87. The van der Waals surface area contributed by atoms with Crippen molar-refractivity contribution in [1.29, 1.82) is 0 Å². The molecule has 3 heteroatoms. The van der Waals surface area contributed by atoms with Crippen LogP contribution in [0.15, 0.2) is 29.1 Å². The van der Waals surface area contributed by atoms with E-state index in [9.17, 15) is 4.79 Å². The summed E-state index contributed by atoms with van der Waals surface area (Å²) in [4.78, 5) is 10.3. The highest BCUT2D eigenvalue weighted by Gasteiger charge is 1.97. The molecule has 0 saturated carbocycles. The molecule has 0 spiro atoms. The van der Waals surface area contributed by atoms with Crippen LogP contribution >= 0.6 is 0 Å². The van der Waals surface area contributed by atoms with Gasteiger partial charge in [-0.3, -0.25) is 4.79 Å². The molecule has 0 amide bonds. The quantitative estimate of drug-likeness (QED) is 0.311. The van der Waals surface area contributed by atoms with Gasteiger partial charge in [-0.15, -0.1) is 0 Å². The molecule has 0 saturated heterocycles. The first kappa shape index (κ1) is 23.8. The Bertz CT molecular complexity index is 329. The van der Waals surface area contributed by atoms with Crippen LogP contribution in [0.3, 0.4) is 0 Å². The third-order valence-electron chi connectivity index (χ3n) is 4.42. The maximum absolute atomic E-state index is 10.3. The number of unbranched alkanes of at least 4 members (excludes halogenated alkanes) is 14. The van der Waals surface area contributed by atoms with E-state index in [2.05, 4.69) is 11.3 Å². The topological polar surface area (TPSA) is 50.4 Å². The van der Waals surface area contributed by atoms with Crippen molar-refractivity contribution in [2.45, 2.75) is 110 Å². The van der Waals surface area contributed by atoms with Crippen molar-refractivity contribution in [3.8, 4) is 0 Å². The summed E-state index contributed by atoms with van der Waals surface area (Å²) in [7, 11) is 0. The highest BCUT2D eigenvalue weighted by Crippen LogP contribution is 2.13. The molecule has 25 heavy (non-hydrogen) atoms. The van der Waals surface area contributed by atoms with Crippen LogP contribution in [0.2, 0.25) is 0 Å². The minimum atomic E-state index is -0.653. The van der Waals surface area contributed by atoms with Crippen molar-refractivity contribution in [3.05, 3.63) is 24.7 Å². The Morgan fingerprint density at radius 2 is 1.04 bits per heavy atom. The van der Waals surface area contributed by atoms with Crippen LogP contribution < -0.4 is 0 Å². The van der Waals surface area contributed by atoms with Crippen molar-refractivity contribution < 1.29 is 14.3 Å². The normalized spacial score (nSPS) is 10.3. The zero-order valence-electron chi connectivity index (χ0n) is 16.4. The average molecular weight is 353 g/mol. The van der Waals surface area contributed by atoms with Gasteiger partial charge in [0, 0.05) is 6.42 Å². The number of hydrogen-bond donors (Lipinski definition) is 1. The van der Waals surface area contributed by atoms with Gasteiger partial charge in [-0.2, -0.15) is 0 Å². The minimum absolute atomic E-state index is 0.345. The van der Waals surface area contributed by atoms with Crippen LogP contribution in [0.1, 0.15) is 110 Å². The van der Waals surface area contributed by atoms with Crippen molar-refractivity contribution in [2.75, 3.05) is 0 Å². The molecule has 3 nitrogen and oxygen atoms in total. The van der Waals surface area contributed by atoms with Gasteiger partial charge in [0.25, 0.3) is 0 Å². The number of carboxylic acids is 1. The van der Waals surface area contributed by atoms with Crippen molar-refractivity contribution in [1.82, 2.24) is 0 Å². The van der Waals surface area contributed by atoms with Gasteiger partial charge in [0.05, 0.1) is 12.5 Å². The standard InChI is InChI=1S/C18H36O2.C4H4O/c1-2-3-4-5-6-7-8-9-10-11-12-13-14-15-16-17-18(19)20;1-2-4-5-3-1/h2-17H2,1H3,(H,19,20);1-4H. The summed E-state index contributed by atoms with van der Waals surface area (Å²) in [5.41, 5.74) is 0. The molecule has 0 aliphatic heterocycles. The van der Waals surface area contributed by atoms with Gasteiger partial charge in [-0.1, -0.05) is 96.8 Å². The van der Waals surface area contributed by atoms with Crippen LogP contribution in [-0.4, -0.2) is 11.1 Å². The van der Waals surface area contributed by atoms with Crippen LogP contribution in [0.25, 0.3) is 0 Å². The Kier molecular flexibility index (Phi) is 19.8. The van der Waals surface area contributed by atoms with E-state index in [1.165, 1.54) is 83.5 Å². The third kappa shape index (κ3) is 22.8. The molecule has 0 radical (unpaired) electrons. The van der Waals surface area contributed by atoms with E-state index in [1.54, 1.807) is 12.5 Å². The van der Waals surface area contributed by atoms with E-state index in [0.29, 0.717) is 6.42 Å². The summed E-state index contributed by atoms with van der Waals surface area (Å²) in [5.74, 6) is -0.653. The zero-order valence-corrected chi connectivity index (χ0v) is 16.4. The number of carbonyl (C=O) groups is 1. The van der Waals surface area contributed by atoms with Crippen LogP contribution in [0, 0.1) is 0 Å². The monoisotopic (exact) mass is 352 g/mol. The molecule has 0 unspecified atom stereocenters. The summed E-state index contributed by atoms with van der Waals surface area (Å²) in [5, 5.41) is 8.52. The van der Waals surface area contributed by atoms with Crippen molar-refractivity contribution in [2.24, 2.45) is 0 Å². The molecule has 0 aliphatic carbocycles. The summed E-state index contributed by atoms with van der Waals surface area (Å²) in [6.07, 6.45) is 23.4. The molecule has 0 aliphatic rings. The molecule has 1 rings (SSSR count). The SMILES string of the molecule is CCCCCCCCCCCCCCCCCC(=O)O.c1ccoc1. The molecule has 1 aromatic rings. The second-order valence-corrected chi connectivity index (χ2v) is 6.89. The number of furan rings is 1. The molecule has 146 valence electrons.